The Labute approximate surface area is 169 Å². The molecular weight excluding hydrogens is 342 g/mol. The van der Waals surface area contributed by atoms with Gasteiger partial charge in [-0.15, -0.1) is 0 Å². The van der Waals surface area contributed by atoms with E-state index in [2.05, 4.69) is 35.2 Å². The van der Waals surface area contributed by atoms with Crippen LogP contribution in [0.5, 0.6) is 5.75 Å². The van der Waals surface area contributed by atoms with Crippen LogP contribution in [0.3, 0.4) is 0 Å². The summed E-state index contributed by atoms with van der Waals surface area (Å²) in [6.07, 6.45) is 12.0. The van der Waals surface area contributed by atoms with Gasteiger partial charge in [-0.05, 0) is 84.9 Å². The van der Waals surface area contributed by atoms with Crippen LogP contribution >= 0.6 is 0 Å². The third-order valence-corrected chi connectivity index (χ3v) is 7.62. The summed E-state index contributed by atoms with van der Waals surface area (Å²) >= 11 is 0. The summed E-state index contributed by atoms with van der Waals surface area (Å²) in [7, 11) is 0. The van der Waals surface area contributed by atoms with Crippen LogP contribution in [0, 0.1) is 11.8 Å². The number of piperidine rings is 1. The Kier molecular flexibility index (Phi) is 5.05. The van der Waals surface area contributed by atoms with Crippen molar-refractivity contribution in [2.75, 3.05) is 18.0 Å². The van der Waals surface area contributed by atoms with E-state index in [0.29, 0.717) is 11.7 Å². The van der Waals surface area contributed by atoms with Crippen molar-refractivity contribution in [1.82, 2.24) is 0 Å². The fourth-order valence-corrected chi connectivity index (χ4v) is 6.20. The molecule has 2 nitrogen and oxygen atoms in total. The van der Waals surface area contributed by atoms with E-state index in [4.69, 9.17) is 0 Å². The SMILES string of the molecule is Oc1ccc2c(c1)CC[C@@H](C1CCCC1)[C@H]2c1ccc(N2CCCCC2)cc1. The monoisotopic (exact) mass is 375 g/mol. The molecule has 1 heterocycles. The van der Waals surface area contributed by atoms with E-state index in [-0.39, 0.29) is 0 Å². The molecule has 2 aromatic carbocycles. The van der Waals surface area contributed by atoms with Gasteiger partial charge in [-0.3, -0.25) is 0 Å². The highest BCUT2D eigenvalue weighted by molar-refractivity contribution is 5.51. The van der Waals surface area contributed by atoms with E-state index in [1.54, 1.807) is 0 Å². The lowest BCUT2D eigenvalue weighted by molar-refractivity contribution is 0.274. The van der Waals surface area contributed by atoms with E-state index in [9.17, 15) is 5.11 Å². The van der Waals surface area contributed by atoms with Gasteiger partial charge >= 0.3 is 0 Å². The van der Waals surface area contributed by atoms with Gasteiger partial charge in [-0.25, -0.2) is 0 Å². The van der Waals surface area contributed by atoms with Crippen LogP contribution in [0.4, 0.5) is 5.69 Å². The molecule has 2 aliphatic carbocycles. The topological polar surface area (TPSA) is 23.5 Å². The molecule has 0 bridgehead atoms. The first-order chi connectivity index (χ1) is 13.8. The van der Waals surface area contributed by atoms with Gasteiger partial charge in [0.15, 0.2) is 0 Å². The van der Waals surface area contributed by atoms with Gasteiger partial charge in [0.2, 0.25) is 0 Å². The highest BCUT2D eigenvalue weighted by Gasteiger charge is 2.37. The molecule has 0 aromatic heterocycles. The lowest BCUT2D eigenvalue weighted by atomic mass is 9.66. The van der Waals surface area contributed by atoms with Crippen molar-refractivity contribution in [3.8, 4) is 5.75 Å². The fraction of sp³-hybridized carbons (Fsp3) is 0.538. The van der Waals surface area contributed by atoms with Crippen LogP contribution in [0.2, 0.25) is 0 Å². The zero-order valence-corrected chi connectivity index (χ0v) is 16.9. The quantitative estimate of drug-likeness (QED) is 0.684. The molecule has 1 aliphatic heterocycles. The fourth-order valence-electron chi connectivity index (χ4n) is 6.20. The van der Waals surface area contributed by atoms with Crippen molar-refractivity contribution in [2.45, 2.75) is 63.7 Å². The first-order valence-electron chi connectivity index (χ1n) is 11.5. The summed E-state index contributed by atoms with van der Waals surface area (Å²) in [4.78, 5) is 2.55. The number of hydrogen-bond acceptors (Lipinski definition) is 2. The number of anilines is 1. The van der Waals surface area contributed by atoms with Gasteiger partial charge in [0.25, 0.3) is 0 Å². The number of aromatic hydroxyl groups is 1. The number of benzene rings is 2. The van der Waals surface area contributed by atoms with Crippen LogP contribution in [0.15, 0.2) is 42.5 Å². The highest BCUT2D eigenvalue weighted by Crippen LogP contribution is 2.49. The van der Waals surface area contributed by atoms with E-state index < -0.39 is 0 Å². The maximum Gasteiger partial charge on any atom is 0.115 e. The lowest BCUT2D eigenvalue weighted by Gasteiger charge is -2.38. The third kappa shape index (κ3) is 3.43. The van der Waals surface area contributed by atoms with Crippen LogP contribution in [0.1, 0.15) is 74.0 Å². The molecule has 1 saturated heterocycles. The highest BCUT2D eigenvalue weighted by atomic mass is 16.3. The van der Waals surface area contributed by atoms with Crippen LogP contribution in [-0.2, 0) is 6.42 Å². The molecule has 5 rings (SSSR count). The lowest BCUT2D eigenvalue weighted by Crippen LogP contribution is -2.29. The standard InChI is InChI=1S/C26H33NO/c28-23-13-15-25-21(18-23)10-14-24(19-6-2-3-7-19)26(25)20-8-11-22(12-9-20)27-16-4-1-5-17-27/h8-9,11-13,15,18-19,24,26,28H,1-7,10,14,16-17H2/t24-,26+/m0/s1. The summed E-state index contributed by atoms with van der Waals surface area (Å²) in [5.74, 6) is 2.52. The van der Waals surface area contributed by atoms with Crippen LogP contribution in [0.25, 0.3) is 0 Å². The molecule has 0 amide bonds. The van der Waals surface area contributed by atoms with Gasteiger partial charge in [0.1, 0.15) is 5.75 Å². The van der Waals surface area contributed by atoms with E-state index in [1.165, 1.54) is 86.8 Å². The van der Waals surface area contributed by atoms with Crippen molar-refractivity contribution in [3.63, 3.8) is 0 Å². The van der Waals surface area contributed by atoms with Gasteiger partial charge in [0.05, 0.1) is 0 Å². The average molecular weight is 376 g/mol. The Hall–Kier alpha value is -1.96. The molecule has 1 saturated carbocycles. The van der Waals surface area contributed by atoms with Crippen molar-refractivity contribution in [2.24, 2.45) is 11.8 Å². The second-order valence-electron chi connectivity index (χ2n) is 9.25. The predicted molar refractivity (Wildman–Crippen MR) is 116 cm³/mol. The minimum absolute atomic E-state index is 0.414. The van der Waals surface area contributed by atoms with Crippen LogP contribution in [-0.4, -0.2) is 18.2 Å². The molecule has 0 unspecified atom stereocenters. The maximum atomic E-state index is 10.00. The molecule has 28 heavy (non-hydrogen) atoms. The molecular formula is C26H33NO. The molecule has 3 aliphatic rings. The zero-order valence-electron chi connectivity index (χ0n) is 16.9. The summed E-state index contributed by atoms with van der Waals surface area (Å²) < 4.78 is 0. The molecule has 2 aromatic rings. The number of phenols is 1. The number of rotatable bonds is 3. The van der Waals surface area contributed by atoms with Crippen molar-refractivity contribution < 1.29 is 5.11 Å². The van der Waals surface area contributed by atoms with E-state index >= 15 is 0 Å². The number of aryl methyl sites for hydroxylation is 1. The predicted octanol–water partition coefficient (Wildman–Crippen LogP) is 6.27. The van der Waals surface area contributed by atoms with Crippen molar-refractivity contribution >= 4 is 5.69 Å². The maximum absolute atomic E-state index is 10.00. The molecule has 2 heteroatoms. The molecule has 2 fully saturated rings. The largest absolute Gasteiger partial charge is 0.508 e. The Morgan fingerprint density at radius 2 is 1.54 bits per heavy atom. The number of phenolic OH excluding ortho intramolecular Hbond substituents is 1. The minimum atomic E-state index is 0.414. The minimum Gasteiger partial charge on any atom is -0.508 e. The van der Waals surface area contributed by atoms with E-state index in [0.717, 1.165) is 18.3 Å². The summed E-state index contributed by atoms with van der Waals surface area (Å²) in [6.45, 7) is 2.41. The number of hydrogen-bond donors (Lipinski definition) is 1. The van der Waals surface area contributed by atoms with Crippen molar-refractivity contribution in [3.05, 3.63) is 59.2 Å². The average Bonchev–Trinajstić information content (AvgIpc) is 3.28. The van der Waals surface area contributed by atoms with Gasteiger partial charge < -0.3 is 10.0 Å². The summed E-state index contributed by atoms with van der Waals surface area (Å²) in [5.41, 5.74) is 5.69. The molecule has 0 spiro atoms. The van der Waals surface area contributed by atoms with Gasteiger partial charge in [0, 0.05) is 24.7 Å². The summed E-state index contributed by atoms with van der Waals surface area (Å²) in [5, 5.41) is 10.00. The Morgan fingerprint density at radius 3 is 2.29 bits per heavy atom. The molecule has 2 atom stereocenters. The van der Waals surface area contributed by atoms with Crippen molar-refractivity contribution in [1.29, 1.82) is 0 Å². The Bertz CT molecular complexity index is 800. The van der Waals surface area contributed by atoms with Gasteiger partial charge in [-0.1, -0.05) is 43.9 Å². The first kappa shape index (κ1) is 18.1. The second-order valence-corrected chi connectivity index (χ2v) is 9.25. The molecule has 1 N–H and O–H groups in total. The summed E-state index contributed by atoms with van der Waals surface area (Å²) in [6, 6.07) is 15.6. The zero-order chi connectivity index (χ0) is 18.9. The van der Waals surface area contributed by atoms with Gasteiger partial charge in [-0.2, -0.15) is 0 Å². The third-order valence-electron chi connectivity index (χ3n) is 7.62. The molecule has 148 valence electrons. The second kappa shape index (κ2) is 7.81. The smallest absolute Gasteiger partial charge is 0.115 e. The molecule has 0 radical (unpaired) electrons. The van der Waals surface area contributed by atoms with E-state index in [1.807, 2.05) is 12.1 Å². The van der Waals surface area contributed by atoms with Crippen LogP contribution < -0.4 is 4.90 Å². The normalized spacial score (nSPS) is 25.6. The first-order valence-corrected chi connectivity index (χ1v) is 11.5. The number of fused-ring (bicyclic) bond motifs is 1. The number of nitrogens with zero attached hydrogens (tertiary/aromatic N) is 1. The Morgan fingerprint density at radius 1 is 0.786 bits per heavy atom. The Balaban J connectivity index is 1.48.